The Bertz CT molecular complexity index is 656. The fraction of sp³-hybridized carbons (Fsp3) is 0.364. The maximum Gasteiger partial charge on any atom is 0.166 e. The van der Waals surface area contributed by atoms with Crippen LogP contribution in [-0.2, 0) is 10.8 Å². The monoisotopic (exact) mass is 328 g/mol. The highest BCUT2D eigenvalue weighted by Crippen LogP contribution is 2.32. The first kappa shape index (κ1) is 18.4. The third-order valence-electron chi connectivity index (χ3n) is 4.20. The predicted molar refractivity (Wildman–Crippen MR) is 99.3 cm³/mol. The topological polar surface area (TPSA) is 0 Å². The van der Waals surface area contributed by atoms with Gasteiger partial charge in [-0.2, -0.15) is 0 Å². The van der Waals surface area contributed by atoms with Crippen LogP contribution in [0, 0.1) is 0 Å². The summed E-state index contributed by atoms with van der Waals surface area (Å²) < 4.78 is 29.0. The average molecular weight is 328 g/mol. The molecule has 2 rings (SSSR count). The van der Waals surface area contributed by atoms with E-state index in [1.165, 1.54) is 0 Å². The van der Waals surface area contributed by atoms with Crippen molar-refractivity contribution in [3.8, 4) is 0 Å². The van der Waals surface area contributed by atoms with Crippen LogP contribution in [0.1, 0.15) is 63.8 Å². The van der Waals surface area contributed by atoms with Crippen molar-refractivity contribution in [2.24, 2.45) is 0 Å². The lowest BCUT2D eigenvalue weighted by molar-refractivity contribution is 0.589. The molecule has 0 unspecified atom stereocenters. The minimum absolute atomic E-state index is 0.0138. The van der Waals surface area contributed by atoms with Crippen molar-refractivity contribution in [2.75, 3.05) is 0 Å². The molecule has 0 fully saturated rings. The highest BCUT2D eigenvalue weighted by atomic mass is 19.2. The number of rotatable bonds is 2. The van der Waals surface area contributed by atoms with E-state index in [-0.39, 0.29) is 22.0 Å². The molecule has 0 radical (unpaired) electrons. The van der Waals surface area contributed by atoms with Gasteiger partial charge in [0.1, 0.15) is 0 Å². The fourth-order valence-electron chi connectivity index (χ4n) is 2.49. The molecule has 2 heteroatoms. The second-order valence-electron chi connectivity index (χ2n) is 8.28. The minimum Gasteiger partial charge on any atom is -0.203 e. The molecule has 0 aromatic heterocycles. The first-order valence-corrected chi connectivity index (χ1v) is 8.27. The zero-order chi connectivity index (χ0) is 18.1. The molecule has 24 heavy (non-hydrogen) atoms. The van der Waals surface area contributed by atoms with E-state index < -0.39 is 11.7 Å². The lowest BCUT2D eigenvalue weighted by Crippen LogP contribution is -2.10. The van der Waals surface area contributed by atoms with Crippen molar-refractivity contribution in [1.29, 1.82) is 0 Å². The zero-order valence-corrected chi connectivity index (χ0v) is 15.4. The Balaban J connectivity index is 2.33. The van der Waals surface area contributed by atoms with Crippen molar-refractivity contribution < 1.29 is 8.78 Å². The van der Waals surface area contributed by atoms with Crippen molar-refractivity contribution in [3.05, 3.63) is 70.8 Å². The van der Waals surface area contributed by atoms with Crippen LogP contribution in [-0.4, -0.2) is 0 Å². The molecule has 0 aliphatic carbocycles. The van der Waals surface area contributed by atoms with Gasteiger partial charge in [0, 0.05) is 11.1 Å². The van der Waals surface area contributed by atoms with Crippen LogP contribution in [0.25, 0.3) is 11.7 Å². The van der Waals surface area contributed by atoms with Crippen molar-refractivity contribution in [3.63, 3.8) is 0 Å². The maximum absolute atomic E-state index is 14.5. The van der Waals surface area contributed by atoms with Gasteiger partial charge in [0.05, 0.1) is 0 Å². The summed E-state index contributed by atoms with van der Waals surface area (Å²) in [4.78, 5) is 0. The van der Waals surface area contributed by atoms with Gasteiger partial charge in [-0.05, 0) is 22.0 Å². The summed E-state index contributed by atoms with van der Waals surface area (Å²) in [6.07, 6.45) is 0. The van der Waals surface area contributed by atoms with Gasteiger partial charge < -0.3 is 0 Å². The van der Waals surface area contributed by atoms with Crippen LogP contribution < -0.4 is 0 Å². The van der Waals surface area contributed by atoms with E-state index >= 15 is 0 Å². The number of halogens is 2. The molecule has 2 aromatic carbocycles. The largest absolute Gasteiger partial charge is 0.203 e. The lowest BCUT2D eigenvalue weighted by Gasteiger charge is -2.19. The fourth-order valence-corrected chi connectivity index (χ4v) is 2.49. The van der Waals surface area contributed by atoms with Gasteiger partial charge in [0.25, 0.3) is 0 Å². The minimum atomic E-state index is -0.820. The Morgan fingerprint density at radius 1 is 0.542 bits per heavy atom. The highest BCUT2D eigenvalue weighted by molar-refractivity contribution is 5.83. The van der Waals surface area contributed by atoms with Gasteiger partial charge in [0.2, 0.25) is 0 Å². The van der Waals surface area contributed by atoms with E-state index in [1.807, 2.05) is 24.3 Å². The third kappa shape index (κ3) is 4.11. The predicted octanol–water partition coefficient (Wildman–Crippen LogP) is 7.05. The molecule has 0 amide bonds. The van der Waals surface area contributed by atoms with Crippen LogP contribution in [0.5, 0.6) is 0 Å². The SMILES string of the molecule is CC(C)(C)c1ccc(/C(F)=C(\F)c2ccc(C(C)(C)C)cc2)cc1. The Labute approximate surface area is 144 Å². The normalized spacial score (nSPS) is 13.7. The molecule has 2 aromatic rings. The van der Waals surface area contributed by atoms with Crippen LogP contribution in [0.2, 0.25) is 0 Å². The van der Waals surface area contributed by atoms with Gasteiger partial charge in [-0.3, -0.25) is 0 Å². The molecule has 0 aliphatic rings. The Morgan fingerprint density at radius 2 is 0.792 bits per heavy atom. The molecule has 0 atom stereocenters. The van der Waals surface area contributed by atoms with Gasteiger partial charge >= 0.3 is 0 Å². The van der Waals surface area contributed by atoms with E-state index in [0.717, 1.165) is 11.1 Å². The Kier molecular flexibility index (Phi) is 4.98. The van der Waals surface area contributed by atoms with E-state index in [1.54, 1.807) is 24.3 Å². The molecule has 0 N–H and O–H groups in total. The van der Waals surface area contributed by atoms with Gasteiger partial charge in [-0.15, -0.1) is 0 Å². The van der Waals surface area contributed by atoms with Crippen LogP contribution in [0.4, 0.5) is 8.78 Å². The molecule has 0 spiro atoms. The third-order valence-corrected chi connectivity index (χ3v) is 4.20. The molecule has 128 valence electrons. The molecular weight excluding hydrogens is 302 g/mol. The van der Waals surface area contributed by atoms with E-state index in [4.69, 9.17) is 0 Å². The molecule has 0 aliphatic heterocycles. The second kappa shape index (κ2) is 6.51. The summed E-state index contributed by atoms with van der Waals surface area (Å²) in [7, 11) is 0. The van der Waals surface area contributed by atoms with Crippen LogP contribution in [0.15, 0.2) is 48.5 Å². The smallest absolute Gasteiger partial charge is 0.166 e. The van der Waals surface area contributed by atoms with Crippen molar-refractivity contribution in [2.45, 2.75) is 52.4 Å². The van der Waals surface area contributed by atoms with E-state index in [0.29, 0.717) is 0 Å². The summed E-state index contributed by atoms with van der Waals surface area (Å²) in [5.74, 6) is -1.64. The highest BCUT2D eigenvalue weighted by Gasteiger charge is 2.17. The quantitative estimate of drug-likeness (QED) is 0.518. The Morgan fingerprint density at radius 3 is 1.00 bits per heavy atom. The van der Waals surface area contributed by atoms with Crippen molar-refractivity contribution >= 4 is 11.7 Å². The number of hydrogen-bond acceptors (Lipinski definition) is 0. The molecule has 0 nitrogen and oxygen atoms in total. The lowest BCUT2D eigenvalue weighted by atomic mass is 9.86. The summed E-state index contributed by atoms with van der Waals surface area (Å²) in [6.45, 7) is 12.5. The van der Waals surface area contributed by atoms with Gasteiger partial charge in [-0.1, -0.05) is 90.1 Å². The summed E-state index contributed by atoms with van der Waals surface area (Å²) in [5.41, 5.74) is 2.68. The van der Waals surface area contributed by atoms with E-state index in [2.05, 4.69) is 41.5 Å². The summed E-state index contributed by atoms with van der Waals surface area (Å²) in [6, 6.07) is 14.0. The number of benzene rings is 2. The standard InChI is InChI=1S/C22H26F2/c1-21(2,3)17-11-7-15(8-12-17)19(23)20(24)16-9-13-18(14-10-16)22(4,5)6/h7-14H,1-6H3/b20-19+. The molecular formula is C22H26F2. The van der Waals surface area contributed by atoms with Crippen LogP contribution >= 0.6 is 0 Å². The molecule has 0 saturated carbocycles. The first-order chi connectivity index (χ1) is 11.0. The van der Waals surface area contributed by atoms with Gasteiger partial charge in [0.15, 0.2) is 11.7 Å². The summed E-state index contributed by atoms with van der Waals surface area (Å²) >= 11 is 0. The molecule has 0 bridgehead atoms. The average Bonchev–Trinajstić information content (AvgIpc) is 2.52. The number of hydrogen-bond donors (Lipinski definition) is 0. The zero-order valence-electron chi connectivity index (χ0n) is 15.4. The Hall–Kier alpha value is -1.96. The second-order valence-corrected chi connectivity index (χ2v) is 8.28. The van der Waals surface area contributed by atoms with Crippen molar-refractivity contribution in [1.82, 2.24) is 0 Å². The molecule has 0 heterocycles. The van der Waals surface area contributed by atoms with E-state index in [9.17, 15) is 8.78 Å². The molecule has 0 saturated heterocycles. The first-order valence-electron chi connectivity index (χ1n) is 8.27. The summed E-state index contributed by atoms with van der Waals surface area (Å²) in [5, 5.41) is 0. The van der Waals surface area contributed by atoms with Crippen LogP contribution in [0.3, 0.4) is 0 Å². The maximum atomic E-state index is 14.5. The van der Waals surface area contributed by atoms with Gasteiger partial charge in [-0.25, -0.2) is 8.78 Å².